The normalized spacial score (nSPS) is 37.7. The van der Waals surface area contributed by atoms with Crippen molar-refractivity contribution in [2.45, 2.75) is 63.6 Å². The van der Waals surface area contributed by atoms with Crippen molar-refractivity contribution >= 4 is 0 Å². The van der Waals surface area contributed by atoms with Gasteiger partial charge in [0, 0.05) is 43.9 Å². The molecule has 0 bridgehead atoms. The van der Waals surface area contributed by atoms with Crippen LogP contribution < -0.4 is 0 Å². The lowest BCUT2D eigenvalue weighted by Gasteiger charge is -2.53. The molecule has 2 atom stereocenters. The molecular formula is C15H28N2O. The van der Waals surface area contributed by atoms with Gasteiger partial charge in [-0.1, -0.05) is 6.92 Å². The predicted molar refractivity (Wildman–Crippen MR) is 73.8 cm³/mol. The molecule has 0 aliphatic carbocycles. The Morgan fingerprint density at radius 3 is 2.72 bits per heavy atom. The van der Waals surface area contributed by atoms with Crippen LogP contribution >= 0.6 is 0 Å². The van der Waals surface area contributed by atoms with Crippen LogP contribution in [0.15, 0.2) is 0 Å². The Hall–Kier alpha value is -0.120. The summed E-state index contributed by atoms with van der Waals surface area (Å²) >= 11 is 0. The number of nitrogens with zero attached hydrogens (tertiary/aromatic N) is 2. The van der Waals surface area contributed by atoms with Crippen molar-refractivity contribution in [1.82, 2.24) is 9.80 Å². The number of piperazine rings is 1. The van der Waals surface area contributed by atoms with Crippen LogP contribution in [-0.4, -0.2) is 60.3 Å². The summed E-state index contributed by atoms with van der Waals surface area (Å²) in [4.78, 5) is 5.59. The van der Waals surface area contributed by atoms with Crippen LogP contribution in [0.1, 0.15) is 46.0 Å². The van der Waals surface area contributed by atoms with Gasteiger partial charge in [0.1, 0.15) is 0 Å². The second kappa shape index (κ2) is 5.10. The third-order valence-corrected chi connectivity index (χ3v) is 5.53. The van der Waals surface area contributed by atoms with Gasteiger partial charge in [-0.25, -0.2) is 0 Å². The predicted octanol–water partition coefficient (Wildman–Crippen LogP) is 2.11. The molecule has 3 aliphatic rings. The van der Waals surface area contributed by atoms with E-state index in [1.165, 1.54) is 51.7 Å². The fraction of sp³-hybridized carbons (Fsp3) is 1.00. The zero-order valence-corrected chi connectivity index (χ0v) is 12.0. The van der Waals surface area contributed by atoms with Gasteiger partial charge in [-0.2, -0.15) is 0 Å². The first kappa shape index (κ1) is 12.9. The van der Waals surface area contributed by atoms with Gasteiger partial charge in [0.25, 0.3) is 0 Å². The highest BCUT2D eigenvalue weighted by atomic mass is 16.5. The van der Waals surface area contributed by atoms with E-state index in [1.807, 2.05) is 0 Å². The molecule has 0 aromatic heterocycles. The molecule has 0 aromatic carbocycles. The topological polar surface area (TPSA) is 15.7 Å². The average Bonchev–Trinajstić information content (AvgIpc) is 2.85. The summed E-state index contributed by atoms with van der Waals surface area (Å²) in [7, 11) is 0. The van der Waals surface area contributed by atoms with Gasteiger partial charge in [0.2, 0.25) is 0 Å². The molecule has 3 heterocycles. The minimum Gasteiger partial charge on any atom is -0.381 e. The van der Waals surface area contributed by atoms with Gasteiger partial charge in [0.15, 0.2) is 0 Å². The van der Waals surface area contributed by atoms with Crippen LogP contribution in [-0.2, 0) is 4.74 Å². The molecule has 3 fully saturated rings. The fourth-order valence-corrected chi connectivity index (χ4v) is 4.20. The van der Waals surface area contributed by atoms with Crippen LogP contribution in [0.3, 0.4) is 0 Å². The third kappa shape index (κ3) is 2.21. The first-order valence-electron chi connectivity index (χ1n) is 7.81. The molecule has 104 valence electrons. The Bertz CT molecular complexity index is 288. The zero-order chi connectivity index (χ0) is 12.6. The van der Waals surface area contributed by atoms with Crippen molar-refractivity contribution < 1.29 is 4.74 Å². The van der Waals surface area contributed by atoms with Crippen LogP contribution in [0.5, 0.6) is 0 Å². The second-order valence-electron chi connectivity index (χ2n) is 6.61. The maximum absolute atomic E-state index is 5.57. The van der Waals surface area contributed by atoms with Gasteiger partial charge >= 0.3 is 0 Å². The lowest BCUT2D eigenvalue weighted by molar-refractivity contribution is -0.0744. The van der Waals surface area contributed by atoms with Gasteiger partial charge in [-0.3, -0.25) is 9.80 Å². The molecule has 0 amide bonds. The van der Waals surface area contributed by atoms with E-state index in [1.54, 1.807) is 0 Å². The lowest BCUT2D eigenvalue weighted by atomic mass is 9.86. The maximum atomic E-state index is 5.57. The van der Waals surface area contributed by atoms with Crippen molar-refractivity contribution in [2.75, 3.05) is 32.8 Å². The van der Waals surface area contributed by atoms with Crippen molar-refractivity contribution in [3.63, 3.8) is 0 Å². The molecule has 0 aromatic rings. The smallest absolute Gasteiger partial charge is 0.0483 e. The molecule has 0 spiro atoms. The lowest BCUT2D eigenvalue weighted by Crippen LogP contribution is -2.64. The van der Waals surface area contributed by atoms with E-state index in [2.05, 4.69) is 23.6 Å². The molecule has 3 heteroatoms. The summed E-state index contributed by atoms with van der Waals surface area (Å²) in [5, 5.41) is 0. The minimum absolute atomic E-state index is 0.396. The Morgan fingerprint density at radius 2 is 2.00 bits per heavy atom. The molecule has 18 heavy (non-hydrogen) atoms. The monoisotopic (exact) mass is 252 g/mol. The molecule has 0 saturated carbocycles. The number of hydrogen-bond donors (Lipinski definition) is 0. The fourth-order valence-electron chi connectivity index (χ4n) is 4.20. The first-order chi connectivity index (χ1) is 8.73. The molecule has 3 aliphatic heterocycles. The van der Waals surface area contributed by atoms with Gasteiger partial charge in [0.05, 0.1) is 0 Å². The molecule has 0 N–H and O–H groups in total. The Balaban J connectivity index is 1.75. The highest BCUT2D eigenvalue weighted by Gasteiger charge is 2.43. The maximum Gasteiger partial charge on any atom is 0.0483 e. The van der Waals surface area contributed by atoms with E-state index in [4.69, 9.17) is 4.74 Å². The molecular weight excluding hydrogens is 224 g/mol. The van der Waals surface area contributed by atoms with E-state index in [0.717, 1.165) is 25.3 Å². The van der Waals surface area contributed by atoms with E-state index in [0.29, 0.717) is 5.54 Å². The summed E-state index contributed by atoms with van der Waals surface area (Å²) in [6, 6.07) is 1.61. The largest absolute Gasteiger partial charge is 0.381 e. The third-order valence-electron chi connectivity index (χ3n) is 5.53. The van der Waals surface area contributed by atoms with Crippen molar-refractivity contribution in [3.8, 4) is 0 Å². The molecule has 2 unspecified atom stereocenters. The number of hydrogen-bond acceptors (Lipinski definition) is 3. The van der Waals surface area contributed by atoms with E-state index >= 15 is 0 Å². The van der Waals surface area contributed by atoms with E-state index in [9.17, 15) is 0 Å². The Morgan fingerprint density at radius 1 is 1.22 bits per heavy atom. The number of ether oxygens (including phenoxy) is 1. The zero-order valence-electron chi connectivity index (χ0n) is 12.0. The number of rotatable bonds is 2. The van der Waals surface area contributed by atoms with Gasteiger partial charge in [-0.05, 0) is 45.6 Å². The summed E-state index contributed by atoms with van der Waals surface area (Å²) in [6.45, 7) is 10.7. The summed E-state index contributed by atoms with van der Waals surface area (Å²) in [6.07, 6.45) is 6.56. The highest BCUT2D eigenvalue weighted by Crippen LogP contribution is 2.35. The van der Waals surface area contributed by atoms with Crippen LogP contribution in [0.25, 0.3) is 0 Å². The van der Waals surface area contributed by atoms with Gasteiger partial charge < -0.3 is 4.74 Å². The molecule has 3 nitrogen and oxygen atoms in total. The second-order valence-corrected chi connectivity index (χ2v) is 6.61. The molecule has 3 rings (SSSR count). The summed E-state index contributed by atoms with van der Waals surface area (Å²) < 4.78 is 5.57. The van der Waals surface area contributed by atoms with Crippen LogP contribution in [0, 0.1) is 0 Å². The highest BCUT2D eigenvalue weighted by molar-refractivity contribution is 4.99. The Kier molecular flexibility index (Phi) is 3.65. The van der Waals surface area contributed by atoms with Gasteiger partial charge in [-0.15, -0.1) is 0 Å². The van der Waals surface area contributed by atoms with Crippen molar-refractivity contribution in [1.29, 1.82) is 0 Å². The molecule has 0 radical (unpaired) electrons. The van der Waals surface area contributed by atoms with Crippen molar-refractivity contribution in [3.05, 3.63) is 0 Å². The van der Waals surface area contributed by atoms with Crippen molar-refractivity contribution in [2.24, 2.45) is 0 Å². The SMILES string of the molecule is CCC1CN2CCCC2CN1C1(C)CCOCC1. The average molecular weight is 252 g/mol. The summed E-state index contributed by atoms with van der Waals surface area (Å²) in [5.41, 5.74) is 0.396. The quantitative estimate of drug-likeness (QED) is 0.748. The first-order valence-corrected chi connectivity index (χ1v) is 7.81. The Labute approximate surface area is 111 Å². The van der Waals surface area contributed by atoms with E-state index in [-0.39, 0.29) is 0 Å². The van der Waals surface area contributed by atoms with E-state index < -0.39 is 0 Å². The van der Waals surface area contributed by atoms with Crippen LogP contribution in [0.2, 0.25) is 0 Å². The van der Waals surface area contributed by atoms with Crippen LogP contribution in [0.4, 0.5) is 0 Å². The number of fused-ring (bicyclic) bond motifs is 1. The summed E-state index contributed by atoms with van der Waals surface area (Å²) in [5.74, 6) is 0. The minimum atomic E-state index is 0.396. The standard InChI is InChI=1S/C15H28N2O/c1-3-13-11-16-8-4-5-14(16)12-17(13)15(2)6-9-18-10-7-15/h13-14H,3-12H2,1-2H3. The molecule has 3 saturated heterocycles.